The number of hydrogen-bond acceptors (Lipinski definition) is 5. The summed E-state index contributed by atoms with van der Waals surface area (Å²) in [6.45, 7) is 13.6. The first-order valence-electron chi connectivity index (χ1n) is 12.5. The molecule has 1 aromatic heterocycles. The molecule has 8 nitrogen and oxygen atoms in total. The van der Waals surface area contributed by atoms with Crippen LogP contribution in [0.25, 0.3) is 11.0 Å². The quantitative estimate of drug-likeness (QED) is 0.478. The number of aromatic nitrogens is 2. The Hall–Kier alpha value is -1.97. The highest BCUT2D eigenvalue weighted by atomic mass is 32.2. The summed E-state index contributed by atoms with van der Waals surface area (Å²) in [7, 11) is -3.59. The Bertz CT molecular complexity index is 1070. The van der Waals surface area contributed by atoms with Crippen molar-refractivity contribution in [3.63, 3.8) is 0 Å². The number of rotatable bonds is 11. The molecule has 2 heterocycles. The number of carbonyl (C=O) groups is 1. The second-order valence-corrected chi connectivity index (χ2v) is 11.7. The van der Waals surface area contributed by atoms with Gasteiger partial charge in [0.15, 0.2) is 0 Å². The summed E-state index contributed by atoms with van der Waals surface area (Å²) in [6.07, 6.45) is 2.95. The lowest BCUT2D eigenvalue weighted by molar-refractivity contribution is -0.133. The van der Waals surface area contributed by atoms with Gasteiger partial charge in [0.2, 0.25) is 15.9 Å². The maximum Gasteiger partial charge on any atom is 0.243 e. The van der Waals surface area contributed by atoms with E-state index in [0.29, 0.717) is 50.6 Å². The number of amides is 1. The Labute approximate surface area is 204 Å². The van der Waals surface area contributed by atoms with Crippen molar-refractivity contribution in [1.29, 1.82) is 0 Å². The Balaban J connectivity index is 1.87. The first-order valence-corrected chi connectivity index (χ1v) is 14.0. The Morgan fingerprint density at radius 2 is 1.88 bits per heavy atom. The van der Waals surface area contributed by atoms with Gasteiger partial charge in [-0.1, -0.05) is 27.2 Å². The van der Waals surface area contributed by atoms with Crippen LogP contribution >= 0.6 is 0 Å². The van der Waals surface area contributed by atoms with Gasteiger partial charge in [0.25, 0.3) is 0 Å². The molecule has 190 valence electrons. The van der Waals surface area contributed by atoms with Crippen LogP contribution in [0.1, 0.15) is 59.7 Å². The van der Waals surface area contributed by atoms with Crippen molar-refractivity contribution in [2.75, 3.05) is 32.8 Å². The molecule has 1 saturated heterocycles. The van der Waals surface area contributed by atoms with Crippen molar-refractivity contribution >= 4 is 27.0 Å². The zero-order chi connectivity index (χ0) is 24.9. The third-order valence-electron chi connectivity index (χ3n) is 6.21. The molecule has 2 aromatic rings. The summed E-state index contributed by atoms with van der Waals surface area (Å²) in [4.78, 5) is 20.0. The van der Waals surface area contributed by atoms with Gasteiger partial charge in [0.1, 0.15) is 5.82 Å². The SMILES string of the molecule is CCCCn1c(CCC(=O)N(CC(C)C)C(C)C)nc2cc(S(=O)(=O)N3CCOCC3)ccc21. The average molecular weight is 493 g/mol. The highest BCUT2D eigenvalue weighted by Gasteiger charge is 2.27. The lowest BCUT2D eigenvalue weighted by Gasteiger charge is -2.28. The van der Waals surface area contributed by atoms with E-state index >= 15 is 0 Å². The second-order valence-electron chi connectivity index (χ2n) is 9.73. The monoisotopic (exact) mass is 492 g/mol. The van der Waals surface area contributed by atoms with Crippen molar-refractivity contribution in [2.45, 2.75) is 77.8 Å². The summed E-state index contributed by atoms with van der Waals surface area (Å²) in [5, 5.41) is 0. The third kappa shape index (κ3) is 6.17. The van der Waals surface area contributed by atoms with E-state index in [1.54, 1.807) is 12.1 Å². The minimum absolute atomic E-state index is 0.133. The molecule has 0 N–H and O–H groups in total. The van der Waals surface area contributed by atoms with Crippen LogP contribution in [0.4, 0.5) is 0 Å². The average Bonchev–Trinajstić information content (AvgIpc) is 3.16. The Kier molecular flexibility index (Phi) is 9.12. The molecule has 9 heteroatoms. The van der Waals surface area contributed by atoms with Gasteiger partial charge < -0.3 is 14.2 Å². The van der Waals surface area contributed by atoms with Crippen LogP contribution in [0.2, 0.25) is 0 Å². The lowest BCUT2D eigenvalue weighted by Crippen LogP contribution is -2.40. The minimum Gasteiger partial charge on any atom is -0.379 e. The number of unbranched alkanes of at least 4 members (excludes halogenated alkanes) is 1. The fourth-order valence-electron chi connectivity index (χ4n) is 4.37. The summed E-state index contributed by atoms with van der Waals surface area (Å²) in [6, 6.07) is 5.36. The lowest BCUT2D eigenvalue weighted by atomic mass is 10.1. The van der Waals surface area contributed by atoms with Crippen molar-refractivity contribution < 1.29 is 17.9 Å². The number of carbonyl (C=O) groups excluding carboxylic acids is 1. The molecule has 0 bridgehead atoms. The van der Waals surface area contributed by atoms with Gasteiger partial charge in [-0.25, -0.2) is 13.4 Å². The Morgan fingerprint density at radius 1 is 1.18 bits per heavy atom. The van der Waals surface area contributed by atoms with Crippen LogP contribution in [-0.4, -0.2) is 72.0 Å². The standard InChI is InChI=1S/C25H40N4O4S/c1-6-7-12-28-23-9-8-21(34(31,32)27-13-15-33-16-14-27)17-22(23)26-24(28)10-11-25(30)29(20(4)5)18-19(2)3/h8-9,17,19-20H,6-7,10-16,18H2,1-5H3. The number of ether oxygens (including phenoxy) is 1. The molecule has 0 spiro atoms. The van der Waals surface area contributed by atoms with E-state index in [4.69, 9.17) is 9.72 Å². The maximum absolute atomic E-state index is 13.1. The van der Waals surface area contributed by atoms with E-state index in [0.717, 1.165) is 37.3 Å². The van der Waals surface area contributed by atoms with Crippen LogP contribution in [0.5, 0.6) is 0 Å². The van der Waals surface area contributed by atoms with Crippen molar-refractivity contribution in [1.82, 2.24) is 18.8 Å². The summed E-state index contributed by atoms with van der Waals surface area (Å²) < 4.78 is 35.2. The van der Waals surface area contributed by atoms with Crippen LogP contribution in [0.15, 0.2) is 23.1 Å². The summed E-state index contributed by atoms with van der Waals surface area (Å²) >= 11 is 0. The van der Waals surface area contributed by atoms with Gasteiger partial charge >= 0.3 is 0 Å². The zero-order valence-electron chi connectivity index (χ0n) is 21.3. The normalized spacial score (nSPS) is 15.5. The molecule has 0 radical (unpaired) electrons. The zero-order valence-corrected chi connectivity index (χ0v) is 22.1. The molecule has 1 aliphatic rings. The summed E-state index contributed by atoms with van der Waals surface area (Å²) in [5.74, 6) is 1.38. The molecule has 1 fully saturated rings. The topological polar surface area (TPSA) is 84.7 Å². The fraction of sp³-hybridized carbons (Fsp3) is 0.680. The highest BCUT2D eigenvalue weighted by Crippen LogP contribution is 2.25. The Morgan fingerprint density at radius 3 is 2.50 bits per heavy atom. The summed E-state index contributed by atoms with van der Waals surface area (Å²) in [5.41, 5.74) is 1.58. The van der Waals surface area contributed by atoms with Crippen molar-refractivity contribution in [3.05, 3.63) is 24.0 Å². The van der Waals surface area contributed by atoms with Crippen molar-refractivity contribution in [3.8, 4) is 0 Å². The number of sulfonamides is 1. The van der Waals surface area contributed by atoms with E-state index in [2.05, 4.69) is 25.3 Å². The first kappa shape index (κ1) is 26.6. The molecule has 1 aliphatic heterocycles. The van der Waals surface area contributed by atoms with E-state index < -0.39 is 10.0 Å². The van der Waals surface area contributed by atoms with Gasteiger partial charge in [-0.2, -0.15) is 4.31 Å². The minimum atomic E-state index is -3.59. The molecular formula is C25H40N4O4S. The van der Waals surface area contributed by atoms with Gasteiger partial charge in [-0.05, 0) is 44.4 Å². The molecule has 0 saturated carbocycles. The smallest absolute Gasteiger partial charge is 0.243 e. The third-order valence-corrected chi connectivity index (χ3v) is 8.10. The number of morpholine rings is 1. The predicted octanol–water partition coefficient (Wildman–Crippen LogP) is 3.68. The molecule has 0 aliphatic carbocycles. The number of aryl methyl sites for hydroxylation is 2. The maximum atomic E-state index is 13.1. The first-order chi connectivity index (χ1) is 16.1. The van der Waals surface area contributed by atoms with Crippen LogP contribution in [-0.2, 0) is 32.5 Å². The number of fused-ring (bicyclic) bond motifs is 1. The predicted molar refractivity (Wildman–Crippen MR) is 134 cm³/mol. The largest absolute Gasteiger partial charge is 0.379 e. The molecule has 3 rings (SSSR count). The number of nitrogens with zero attached hydrogens (tertiary/aromatic N) is 4. The number of imidazole rings is 1. The molecular weight excluding hydrogens is 452 g/mol. The van der Waals surface area contributed by atoms with Crippen LogP contribution in [0.3, 0.4) is 0 Å². The molecule has 1 amide bonds. The molecule has 34 heavy (non-hydrogen) atoms. The van der Waals surface area contributed by atoms with Gasteiger partial charge in [-0.15, -0.1) is 0 Å². The van der Waals surface area contributed by atoms with E-state index in [9.17, 15) is 13.2 Å². The van der Waals surface area contributed by atoms with Crippen molar-refractivity contribution in [2.24, 2.45) is 5.92 Å². The van der Waals surface area contributed by atoms with Gasteiger partial charge in [0, 0.05) is 45.1 Å². The second kappa shape index (κ2) is 11.6. The van der Waals surface area contributed by atoms with E-state index in [1.807, 2.05) is 24.8 Å². The highest BCUT2D eigenvalue weighted by molar-refractivity contribution is 7.89. The number of hydrogen-bond donors (Lipinski definition) is 0. The van der Waals surface area contributed by atoms with Crippen LogP contribution in [0, 0.1) is 5.92 Å². The van der Waals surface area contributed by atoms with Crippen LogP contribution < -0.4 is 0 Å². The van der Waals surface area contributed by atoms with Gasteiger partial charge in [0.05, 0.1) is 29.1 Å². The van der Waals surface area contributed by atoms with Gasteiger partial charge in [-0.3, -0.25) is 4.79 Å². The molecule has 0 atom stereocenters. The van der Waals surface area contributed by atoms with E-state index in [1.165, 1.54) is 4.31 Å². The molecule has 1 aromatic carbocycles. The molecule has 0 unspecified atom stereocenters. The fourth-order valence-corrected chi connectivity index (χ4v) is 5.80. The van der Waals surface area contributed by atoms with E-state index in [-0.39, 0.29) is 16.8 Å². The number of benzene rings is 1.